The summed E-state index contributed by atoms with van der Waals surface area (Å²) in [7, 11) is 0. The van der Waals surface area contributed by atoms with Crippen molar-refractivity contribution < 1.29 is 19.1 Å². The average molecular weight is 396 g/mol. The molecule has 154 valence electrons. The molecule has 0 bridgehead atoms. The van der Waals surface area contributed by atoms with Crippen molar-refractivity contribution in [1.29, 1.82) is 0 Å². The summed E-state index contributed by atoms with van der Waals surface area (Å²) in [6.45, 7) is 10.8. The third-order valence-electron chi connectivity index (χ3n) is 6.21. The highest BCUT2D eigenvalue weighted by Crippen LogP contribution is 2.50. The Kier molecular flexibility index (Phi) is 5.96. The molecule has 0 fully saturated rings. The lowest BCUT2D eigenvalue weighted by Crippen LogP contribution is -2.37. The first-order valence-electron chi connectivity index (χ1n) is 9.93. The lowest BCUT2D eigenvalue weighted by Gasteiger charge is -2.45. The van der Waals surface area contributed by atoms with E-state index in [-0.39, 0.29) is 17.8 Å². The van der Waals surface area contributed by atoms with Crippen LogP contribution in [0.1, 0.15) is 46.5 Å². The van der Waals surface area contributed by atoms with E-state index >= 15 is 0 Å². The second-order valence-electron chi connectivity index (χ2n) is 8.25. The van der Waals surface area contributed by atoms with Crippen molar-refractivity contribution in [1.82, 2.24) is 0 Å². The van der Waals surface area contributed by atoms with Crippen molar-refractivity contribution in [2.45, 2.75) is 46.5 Å². The third kappa shape index (κ3) is 4.44. The Morgan fingerprint density at radius 3 is 2.76 bits per heavy atom. The Morgan fingerprint density at radius 2 is 2.07 bits per heavy atom. The van der Waals surface area contributed by atoms with E-state index in [1.807, 2.05) is 19.1 Å². The van der Waals surface area contributed by atoms with Crippen LogP contribution < -0.4 is 10.4 Å². The van der Waals surface area contributed by atoms with Gasteiger partial charge in [0, 0.05) is 23.9 Å². The minimum absolute atomic E-state index is 0.109. The van der Waals surface area contributed by atoms with Gasteiger partial charge in [-0.05, 0) is 68.2 Å². The Labute approximate surface area is 170 Å². The number of carboxylic acids is 1. The molecule has 5 heteroatoms. The van der Waals surface area contributed by atoms with E-state index in [0.717, 1.165) is 29.4 Å². The molecule has 1 heterocycles. The molecule has 3 rings (SSSR count). The summed E-state index contributed by atoms with van der Waals surface area (Å²) in [4.78, 5) is 22.8. The molecule has 1 N–H and O–H groups in total. The standard InChI is InChI=1S/C24H28O5/c1-15(2)19-9-5-16(3)20(24(19,4)12-11-22(25)26)14-28-18-8-6-17-7-10-23(27)29-21(17)13-18/h6-8,10,13,19H,1,5,9,11-12,14H2,2-4H3,(H,25,26)/t19-,24-/m0/s1. The fourth-order valence-corrected chi connectivity index (χ4v) is 4.58. The third-order valence-corrected chi connectivity index (χ3v) is 6.21. The van der Waals surface area contributed by atoms with Crippen LogP contribution in [0.4, 0.5) is 0 Å². The predicted molar refractivity (Wildman–Crippen MR) is 113 cm³/mol. The number of fused-ring (bicyclic) bond motifs is 1. The fourth-order valence-electron chi connectivity index (χ4n) is 4.58. The van der Waals surface area contributed by atoms with Crippen molar-refractivity contribution in [2.24, 2.45) is 11.3 Å². The average Bonchev–Trinajstić information content (AvgIpc) is 2.65. The van der Waals surface area contributed by atoms with Crippen molar-refractivity contribution >= 4 is 16.9 Å². The monoisotopic (exact) mass is 396 g/mol. The van der Waals surface area contributed by atoms with Crippen LogP contribution in [0, 0.1) is 11.3 Å². The Hall–Kier alpha value is -2.82. The van der Waals surface area contributed by atoms with Crippen LogP contribution in [0.3, 0.4) is 0 Å². The zero-order valence-corrected chi connectivity index (χ0v) is 17.3. The molecule has 0 aliphatic heterocycles. The summed E-state index contributed by atoms with van der Waals surface area (Å²) in [6, 6.07) is 8.55. The molecule has 0 amide bonds. The molecule has 0 spiro atoms. The highest BCUT2D eigenvalue weighted by Gasteiger charge is 2.41. The Bertz CT molecular complexity index is 1030. The molecule has 0 radical (unpaired) electrons. The van der Waals surface area contributed by atoms with Crippen LogP contribution >= 0.6 is 0 Å². The zero-order chi connectivity index (χ0) is 21.2. The molecule has 1 aromatic carbocycles. The van der Waals surface area contributed by atoms with Gasteiger partial charge in [0.2, 0.25) is 0 Å². The van der Waals surface area contributed by atoms with Gasteiger partial charge in [-0.3, -0.25) is 4.79 Å². The molecule has 2 atom stereocenters. The molecule has 1 aromatic heterocycles. The van der Waals surface area contributed by atoms with Crippen LogP contribution in [-0.4, -0.2) is 17.7 Å². The minimum Gasteiger partial charge on any atom is -0.489 e. The molecule has 29 heavy (non-hydrogen) atoms. The van der Waals surface area contributed by atoms with Gasteiger partial charge in [-0.1, -0.05) is 24.6 Å². The van der Waals surface area contributed by atoms with Crippen LogP contribution in [-0.2, 0) is 4.79 Å². The molecule has 0 saturated carbocycles. The first kappa shape index (κ1) is 20.9. The van der Waals surface area contributed by atoms with Crippen LogP contribution in [0.15, 0.2) is 62.8 Å². The molecule has 0 unspecified atom stereocenters. The van der Waals surface area contributed by atoms with E-state index in [2.05, 4.69) is 20.4 Å². The number of allylic oxidation sites excluding steroid dienone is 2. The highest BCUT2D eigenvalue weighted by atomic mass is 16.5. The number of benzene rings is 1. The molecular formula is C24H28O5. The minimum atomic E-state index is -0.792. The van der Waals surface area contributed by atoms with Crippen LogP contribution in [0.5, 0.6) is 5.75 Å². The smallest absolute Gasteiger partial charge is 0.336 e. The molecule has 5 nitrogen and oxygen atoms in total. The van der Waals surface area contributed by atoms with E-state index in [0.29, 0.717) is 24.4 Å². The van der Waals surface area contributed by atoms with Gasteiger partial charge in [0.1, 0.15) is 17.9 Å². The molecule has 2 aromatic rings. The topological polar surface area (TPSA) is 76.7 Å². The molecular weight excluding hydrogens is 368 g/mol. The van der Waals surface area contributed by atoms with Crippen molar-refractivity contribution in [3.8, 4) is 5.75 Å². The summed E-state index contributed by atoms with van der Waals surface area (Å²) in [5, 5.41) is 10.1. The molecule has 1 aliphatic rings. The van der Waals surface area contributed by atoms with E-state index in [1.165, 1.54) is 11.6 Å². The summed E-state index contributed by atoms with van der Waals surface area (Å²) >= 11 is 0. The first-order chi connectivity index (χ1) is 13.7. The van der Waals surface area contributed by atoms with Crippen molar-refractivity contribution in [3.63, 3.8) is 0 Å². The summed E-state index contributed by atoms with van der Waals surface area (Å²) in [5.74, 6) is 0.0451. The number of hydrogen-bond acceptors (Lipinski definition) is 4. The van der Waals surface area contributed by atoms with Gasteiger partial charge in [0.25, 0.3) is 0 Å². The second-order valence-corrected chi connectivity index (χ2v) is 8.25. The zero-order valence-electron chi connectivity index (χ0n) is 17.3. The molecule has 1 aliphatic carbocycles. The van der Waals surface area contributed by atoms with Crippen molar-refractivity contribution in [3.05, 3.63) is 64.1 Å². The van der Waals surface area contributed by atoms with Gasteiger partial charge in [0.15, 0.2) is 0 Å². The SMILES string of the molecule is C=C(C)[C@@H]1CCC(C)=C(COc2ccc3ccc(=O)oc3c2)[C@@]1(C)CCC(=O)O. The number of aliphatic carboxylic acids is 1. The molecule has 0 saturated heterocycles. The lowest BCUT2D eigenvalue weighted by molar-refractivity contribution is -0.137. The highest BCUT2D eigenvalue weighted by molar-refractivity contribution is 5.77. The fraction of sp³-hybridized carbons (Fsp3) is 0.417. The van der Waals surface area contributed by atoms with Gasteiger partial charge in [-0.15, -0.1) is 0 Å². The Morgan fingerprint density at radius 1 is 1.34 bits per heavy atom. The van der Waals surface area contributed by atoms with E-state index < -0.39 is 11.6 Å². The second kappa shape index (κ2) is 8.27. The van der Waals surface area contributed by atoms with Crippen LogP contribution in [0.2, 0.25) is 0 Å². The van der Waals surface area contributed by atoms with E-state index in [9.17, 15) is 14.7 Å². The van der Waals surface area contributed by atoms with Crippen molar-refractivity contribution in [2.75, 3.05) is 6.61 Å². The summed E-state index contributed by atoms with van der Waals surface area (Å²) in [5.41, 5.74) is 3.25. The largest absolute Gasteiger partial charge is 0.489 e. The maximum Gasteiger partial charge on any atom is 0.336 e. The van der Waals surface area contributed by atoms with E-state index in [4.69, 9.17) is 9.15 Å². The summed E-state index contributed by atoms with van der Waals surface area (Å²) < 4.78 is 11.3. The maximum atomic E-state index is 11.5. The maximum absolute atomic E-state index is 11.5. The van der Waals surface area contributed by atoms with Gasteiger partial charge in [-0.25, -0.2) is 4.79 Å². The number of rotatable bonds is 7. The van der Waals surface area contributed by atoms with Gasteiger partial charge >= 0.3 is 11.6 Å². The van der Waals surface area contributed by atoms with E-state index in [1.54, 1.807) is 12.1 Å². The normalized spacial score (nSPS) is 22.0. The number of ether oxygens (including phenoxy) is 1. The van der Waals surface area contributed by atoms with Crippen LogP contribution in [0.25, 0.3) is 11.0 Å². The number of carbonyl (C=O) groups is 1. The summed E-state index contributed by atoms with van der Waals surface area (Å²) in [6.07, 6.45) is 2.58. The number of carboxylic acid groups (broad SMARTS) is 1. The first-order valence-corrected chi connectivity index (χ1v) is 9.93. The van der Waals surface area contributed by atoms with Gasteiger partial charge < -0.3 is 14.3 Å². The van der Waals surface area contributed by atoms with Gasteiger partial charge in [0.05, 0.1) is 0 Å². The lowest BCUT2D eigenvalue weighted by atomic mass is 9.60. The quantitative estimate of drug-likeness (QED) is 0.504. The van der Waals surface area contributed by atoms with Gasteiger partial charge in [-0.2, -0.15) is 0 Å². The predicted octanol–water partition coefficient (Wildman–Crippen LogP) is 5.35. The number of hydrogen-bond donors (Lipinski definition) is 1. The Balaban J connectivity index is 1.88.